The lowest BCUT2D eigenvalue weighted by Gasteiger charge is -2.56. The largest absolute Gasteiger partial charge is 0.330 e. The van der Waals surface area contributed by atoms with Crippen LogP contribution in [0.2, 0.25) is 0 Å². The summed E-state index contributed by atoms with van der Waals surface area (Å²) in [6, 6.07) is 33.8. The van der Waals surface area contributed by atoms with Gasteiger partial charge in [0, 0.05) is 19.3 Å². The number of para-hydroxylation sites is 1. The van der Waals surface area contributed by atoms with Crippen LogP contribution >= 0.6 is 0 Å². The molecule has 0 radical (unpaired) electrons. The number of fused-ring (bicyclic) bond motifs is 4. The number of nitrogens with zero attached hydrogens (tertiary/aromatic N) is 1. The van der Waals surface area contributed by atoms with Gasteiger partial charge in [-0.3, -0.25) is 4.48 Å². The Balaban J connectivity index is 1.66. The highest BCUT2D eigenvalue weighted by molar-refractivity contribution is 5.46. The molecule has 3 fully saturated rings. The third-order valence-electron chi connectivity index (χ3n) is 8.71. The van der Waals surface area contributed by atoms with Crippen molar-refractivity contribution in [1.82, 2.24) is 9.80 Å². The number of hydrogen-bond donors (Lipinski definition) is 2. The molecule has 1 aliphatic carbocycles. The Morgan fingerprint density at radius 2 is 1.33 bits per heavy atom. The van der Waals surface area contributed by atoms with Crippen molar-refractivity contribution in [2.75, 3.05) is 33.2 Å². The van der Waals surface area contributed by atoms with E-state index in [9.17, 15) is 0 Å². The smallest absolute Gasteiger partial charge is 0.133 e. The van der Waals surface area contributed by atoms with E-state index in [0.29, 0.717) is 17.8 Å². The highest BCUT2D eigenvalue weighted by atomic mass is 15.4. The number of quaternary nitrogens is 1. The van der Waals surface area contributed by atoms with Crippen LogP contribution in [0.4, 0.5) is 5.69 Å². The molecule has 33 heavy (non-hydrogen) atoms. The average molecular weight is 441 g/mol. The number of rotatable bonds is 7. The topological polar surface area (TPSA) is 38.0 Å². The number of benzene rings is 3. The Kier molecular flexibility index (Phi) is 6.38. The molecule has 3 N–H and O–H groups in total. The molecule has 3 aliphatic rings. The first kappa shape index (κ1) is 22.3. The van der Waals surface area contributed by atoms with Crippen molar-refractivity contribution in [3.05, 3.63) is 102 Å². The lowest BCUT2D eigenvalue weighted by molar-refractivity contribution is 0.0596. The molecular formula is C30H38N3+. The Bertz CT molecular complexity index is 971. The summed E-state index contributed by atoms with van der Waals surface area (Å²) in [5, 5.41) is 3.95. The third-order valence-corrected chi connectivity index (χ3v) is 8.71. The van der Waals surface area contributed by atoms with E-state index >= 15 is 0 Å². The molecule has 1 saturated carbocycles. The molecule has 0 spiro atoms. The zero-order valence-corrected chi connectivity index (χ0v) is 19.9. The second kappa shape index (κ2) is 9.42. The molecule has 3 unspecified atom stereocenters. The minimum absolute atomic E-state index is 0.102. The van der Waals surface area contributed by atoms with Crippen molar-refractivity contribution >= 4 is 5.69 Å². The van der Waals surface area contributed by atoms with Crippen LogP contribution in [0.1, 0.15) is 42.2 Å². The molecule has 2 saturated heterocycles. The van der Waals surface area contributed by atoms with E-state index in [2.05, 4.69) is 103 Å². The summed E-state index contributed by atoms with van der Waals surface area (Å²) in [5.74, 6) is 1.68. The Morgan fingerprint density at radius 3 is 1.85 bits per heavy atom. The van der Waals surface area contributed by atoms with Gasteiger partial charge in [0.15, 0.2) is 0 Å². The molecule has 2 aliphatic heterocycles. The molecule has 3 aromatic carbocycles. The standard InChI is InChI=1S/C30H38N3/c1-33(19-11-18-31,26-16-9-4-10-17-26)30-20-27(24-12-5-2-6-13-24)29(22-32-23-30)28(21-30)25-14-7-3-8-15-25/h2-10,12-17,27-29,32H,11,18-23,31H2,1H3/q+1. The minimum Gasteiger partial charge on any atom is -0.330 e. The molecule has 0 amide bonds. The van der Waals surface area contributed by atoms with E-state index in [1.807, 2.05) is 0 Å². The van der Waals surface area contributed by atoms with Crippen LogP contribution in [0.25, 0.3) is 0 Å². The molecule has 0 aromatic heterocycles. The Hall–Kier alpha value is -2.46. The first-order valence-electron chi connectivity index (χ1n) is 12.6. The van der Waals surface area contributed by atoms with Crippen molar-refractivity contribution in [3.8, 4) is 0 Å². The third kappa shape index (κ3) is 4.03. The Morgan fingerprint density at radius 1 is 0.818 bits per heavy atom. The Labute approximate surface area is 199 Å². The molecule has 172 valence electrons. The summed E-state index contributed by atoms with van der Waals surface area (Å²) < 4.78 is 0.942. The molecule has 3 heteroatoms. The molecule has 3 aromatic rings. The quantitative estimate of drug-likeness (QED) is 0.490. The van der Waals surface area contributed by atoms with Gasteiger partial charge < -0.3 is 11.1 Å². The molecule has 3 atom stereocenters. The van der Waals surface area contributed by atoms with Crippen LogP contribution in [-0.2, 0) is 0 Å². The molecule has 6 rings (SSSR count). The summed E-state index contributed by atoms with van der Waals surface area (Å²) >= 11 is 0. The van der Waals surface area contributed by atoms with Crippen molar-refractivity contribution in [1.29, 1.82) is 0 Å². The first-order valence-corrected chi connectivity index (χ1v) is 12.6. The normalized spacial score (nSPS) is 28.7. The summed E-state index contributed by atoms with van der Waals surface area (Å²) in [7, 11) is 2.47. The fraction of sp³-hybridized carbons (Fsp3) is 0.400. The van der Waals surface area contributed by atoms with E-state index < -0.39 is 0 Å². The number of nitrogens with two attached hydrogens (primary N) is 1. The monoisotopic (exact) mass is 440 g/mol. The maximum Gasteiger partial charge on any atom is 0.133 e. The van der Waals surface area contributed by atoms with Crippen molar-refractivity contribution < 1.29 is 0 Å². The fourth-order valence-electron chi connectivity index (χ4n) is 6.90. The average Bonchev–Trinajstić information content (AvgIpc) is 3.21. The van der Waals surface area contributed by atoms with Crippen molar-refractivity contribution in [2.24, 2.45) is 11.7 Å². The van der Waals surface area contributed by atoms with Crippen LogP contribution in [0.5, 0.6) is 0 Å². The predicted molar refractivity (Wildman–Crippen MR) is 139 cm³/mol. The van der Waals surface area contributed by atoms with Gasteiger partial charge in [-0.25, -0.2) is 0 Å². The SMILES string of the molecule is C[N+](CCCN)(c1ccccc1)C12CNCC(C(c3ccccc3)C1)C(c1ccccc1)C2. The zero-order chi connectivity index (χ0) is 22.7. The highest BCUT2D eigenvalue weighted by Crippen LogP contribution is 2.55. The van der Waals surface area contributed by atoms with Gasteiger partial charge in [-0.1, -0.05) is 78.9 Å². The first-order chi connectivity index (χ1) is 16.2. The second-order valence-electron chi connectivity index (χ2n) is 10.4. The minimum atomic E-state index is 0.102. The van der Waals surface area contributed by atoms with E-state index in [1.165, 1.54) is 29.7 Å². The fourth-order valence-corrected chi connectivity index (χ4v) is 6.90. The maximum absolute atomic E-state index is 6.08. The van der Waals surface area contributed by atoms with Gasteiger partial charge in [0.25, 0.3) is 0 Å². The molecule has 3 nitrogen and oxygen atoms in total. The number of likely N-dealkylation sites (N-methyl/N-ethyl adjacent to an activating group) is 1. The van der Waals surface area contributed by atoms with Crippen LogP contribution in [0, 0.1) is 5.92 Å². The van der Waals surface area contributed by atoms with Gasteiger partial charge in [0.05, 0.1) is 20.1 Å². The van der Waals surface area contributed by atoms with Gasteiger partial charge in [0.1, 0.15) is 11.2 Å². The second-order valence-corrected chi connectivity index (χ2v) is 10.4. The molecule has 2 bridgehead atoms. The number of hydrogen-bond acceptors (Lipinski definition) is 2. The lowest BCUT2D eigenvalue weighted by Crippen LogP contribution is -2.68. The number of nitrogens with one attached hydrogen (secondary N) is 1. The van der Waals surface area contributed by atoms with E-state index in [-0.39, 0.29) is 5.54 Å². The van der Waals surface area contributed by atoms with Crippen molar-refractivity contribution in [3.63, 3.8) is 0 Å². The summed E-state index contributed by atoms with van der Waals surface area (Å²) in [6.07, 6.45) is 3.44. The summed E-state index contributed by atoms with van der Waals surface area (Å²) in [4.78, 5) is 0. The van der Waals surface area contributed by atoms with Gasteiger partial charge in [-0.05, 0) is 54.1 Å². The van der Waals surface area contributed by atoms with Gasteiger partial charge in [-0.15, -0.1) is 0 Å². The predicted octanol–water partition coefficient (Wildman–Crippen LogP) is 5.29. The van der Waals surface area contributed by atoms with Gasteiger partial charge in [-0.2, -0.15) is 0 Å². The van der Waals surface area contributed by atoms with Crippen LogP contribution in [0.3, 0.4) is 0 Å². The van der Waals surface area contributed by atoms with E-state index in [4.69, 9.17) is 5.73 Å². The highest BCUT2D eigenvalue weighted by Gasteiger charge is 2.58. The van der Waals surface area contributed by atoms with Crippen LogP contribution in [0.15, 0.2) is 91.0 Å². The molecular weight excluding hydrogens is 402 g/mol. The lowest BCUT2D eigenvalue weighted by atomic mass is 9.60. The van der Waals surface area contributed by atoms with Gasteiger partial charge >= 0.3 is 0 Å². The van der Waals surface area contributed by atoms with E-state index in [1.54, 1.807) is 0 Å². The summed E-state index contributed by atoms with van der Waals surface area (Å²) in [5.41, 5.74) is 10.6. The van der Waals surface area contributed by atoms with E-state index in [0.717, 1.165) is 37.1 Å². The summed E-state index contributed by atoms with van der Waals surface area (Å²) in [6.45, 7) is 3.92. The van der Waals surface area contributed by atoms with Gasteiger partial charge in [0.2, 0.25) is 0 Å². The zero-order valence-electron chi connectivity index (χ0n) is 19.9. The van der Waals surface area contributed by atoms with Crippen LogP contribution in [-0.4, -0.2) is 38.8 Å². The van der Waals surface area contributed by atoms with Crippen molar-refractivity contribution in [2.45, 2.75) is 36.6 Å². The van der Waals surface area contributed by atoms with Crippen LogP contribution < -0.4 is 15.5 Å². The maximum atomic E-state index is 6.08. The molecule has 2 heterocycles.